The van der Waals surface area contributed by atoms with Crippen molar-refractivity contribution in [3.63, 3.8) is 0 Å². The molecule has 0 saturated heterocycles. The molecule has 0 spiro atoms. The quantitative estimate of drug-likeness (QED) is 0.235. The molecule has 0 radical (unpaired) electrons. The predicted octanol–water partition coefficient (Wildman–Crippen LogP) is 6.78. The lowest BCUT2D eigenvalue weighted by molar-refractivity contribution is -0.123. The summed E-state index contributed by atoms with van der Waals surface area (Å²) in [7, 11) is 1.57. The van der Waals surface area contributed by atoms with Gasteiger partial charge in [0.2, 0.25) is 11.8 Å². The molecule has 2 heterocycles. The topological polar surface area (TPSA) is 121 Å². The lowest BCUT2D eigenvalue weighted by Crippen LogP contribution is -2.46. The monoisotopic (exact) mass is 649 g/mol. The minimum Gasteiger partial charge on any atom is -0.480 e. The van der Waals surface area contributed by atoms with Crippen LogP contribution in [-0.2, 0) is 4.79 Å². The number of benzene rings is 1. The van der Waals surface area contributed by atoms with Gasteiger partial charge in [0, 0.05) is 48.7 Å². The summed E-state index contributed by atoms with van der Waals surface area (Å²) in [5.41, 5.74) is 4.11. The van der Waals surface area contributed by atoms with Crippen LogP contribution in [0.3, 0.4) is 0 Å². The predicted molar refractivity (Wildman–Crippen MR) is 176 cm³/mol. The highest BCUT2D eigenvalue weighted by atomic mass is 35.5. The number of ether oxygens (including phenoxy) is 1. The number of carbonyl (C=O) groups is 2. The average molecular weight is 650 g/mol. The summed E-state index contributed by atoms with van der Waals surface area (Å²) in [6.45, 7) is 0.527. The van der Waals surface area contributed by atoms with Crippen LogP contribution < -0.4 is 9.64 Å². The Labute approximate surface area is 275 Å². The Morgan fingerprint density at radius 2 is 1.76 bits per heavy atom. The normalized spacial score (nSPS) is 23.1. The Balaban J connectivity index is 1.18. The molecule has 0 bridgehead atoms. The zero-order chi connectivity index (χ0) is 32.2. The fourth-order valence-corrected chi connectivity index (χ4v) is 7.60. The number of aliphatic hydroxyl groups is 1. The zero-order valence-electron chi connectivity index (χ0n) is 26.4. The summed E-state index contributed by atoms with van der Waals surface area (Å²) in [4.78, 5) is 33.8. The van der Waals surface area contributed by atoms with Gasteiger partial charge in [0.25, 0.3) is 0 Å². The fourth-order valence-electron chi connectivity index (χ4n) is 7.35. The van der Waals surface area contributed by atoms with E-state index in [0.29, 0.717) is 61.0 Å². The Hall–Kier alpha value is -3.63. The van der Waals surface area contributed by atoms with Gasteiger partial charge in [0.1, 0.15) is 5.02 Å². The Morgan fingerprint density at radius 3 is 2.41 bits per heavy atom. The third kappa shape index (κ3) is 7.33. The standard InChI is InChI=1S/C35H44ClN5O5/c1-46-33-32(36)18-27(19-37-33)24-7-5-23(6-8-24)21-40(34(43)25-9-11-29(12-10-25)39(15-16-42)35(44)45)31-4-2-3-26(17-31)28-20-38-41(22-28)30-13-14-30/h2-4,17-20,22-25,29-30,42H,5-16,21H2,1H3,(H,44,45). The van der Waals surface area contributed by atoms with E-state index >= 15 is 0 Å². The maximum atomic E-state index is 14.3. The van der Waals surface area contributed by atoms with Crippen molar-refractivity contribution in [3.8, 4) is 17.0 Å². The second-order valence-electron chi connectivity index (χ2n) is 13.1. The fraction of sp³-hybridized carbons (Fsp3) is 0.543. The maximum Gasteiger partial charge on any atom is 0.407 e. The van der Waals surface area contributed by atoms with Gasteiger partial charge in [-0.1, -0.05) is 23.7 Å². The number of hydrogen-bond acceptors (Lipinski definition) is 6. The number of aromatic nitrogens is 3. The minimum absolute atomic E-state index is 0.0936. The highest BCUT2D eigenvalue weighted by molar-refractivity contribution is 6.31. The van der Waals surface area contributed by atoms with Gasteiger partial charge < -0.3 is 24.7 Å². The number of aliphatic hydroxyl groups excluding tert-OH is 1. The van der Waals surface area contributed by atoms with Crippen LogP contribution in [0.4, 0.5) is 10.5 Å². The molecule has 3 aliphatic rings. The number of amides is 2. The number of carboxylic acid groups (broad SMARTS) is 1. The summed E-state index contributed by atoms with van der Waals surface area (Å²) in [5.74, 6) is 1.10. The second kappa shape index (κ2) is 14.4. The Bertz CT molecular complexity index is 1510. The molecule has 10 nitrogen and oxygen atoms in total. The van der Waals surface area contributed by atoms with Crippen molar-refractivity contribution in [2.75, 3.05) is 31.7 Å². The van der Waals surface area contributed by atoms with Crippen LogP contribution in [0.1, 0.15) is 81.7 Å². The van der Waals surface area contributed by atoms with Gasteiger partial charge in [0.15, 0.2) is 0 Å². The van der Waals surface area contributed by atoms with Gasteiger partial charge in [-0.25, -0.2) is 9.78 Å². The molecule has 1 aromatic carbocycles. The number of rotatable bonds is 11. The molecule has 0 atom stereocenters. The van der Waals surface area contributed by atoms with E-state index in [9.17, 15) is 19.8 Å². The summed E-state index contributed by atoms with van der Waals surface area (Å²) in [5, 5.41) is 24.1. The van der Waals surface area contributed by atoms with Crippen LogP contribution in [0.15, 0.2) is 48.9 Å². The van der Waals surface area contributed by atoms with E-state index in [0.717, 1.165) is 48.1 Å². The van der Waals surface area contributed by atoms with Crippen molar-refractivity contribution >= 4 is 29.3 Å². The largest absolute Gasteiger partial charge is 0.480 e. The lowest BCUT2D eigenvalue weighted by atomic mass is 9.78. The molecule has 46 heavy (non-hydrogen) atoms. The summed E-state index contributed by atoms with van der Waals surface area (Å²) >= 11 is 6.38. The smallest absolute Gasteiger partial charge is 0.407 e. The molecule has 6 rings (SSSR count). The number of pyridine rings is 1. The van der Waals surface area contributed by atoms with Gasteiger partial charge in [0.05, 0.1) is 26.0 Å². The van der Waals surface area contributed by atoms with Crippen LogP contribution in [0, 0.1) is 11.8 Å². The number of halogens is 1. The summed E-state index contributed by atoms with van der Waals surface area (Å²) in [6.07, 6.45) is 13.7. The lowest BCUT2D eigenvalue weighted by Gasteiger charge is -2.38. The summed E-state index contributed by atoms with van der Waals surface area (Å²) < 4.78 is 7.27. The molecular weight excluding hydrogens is 606 g/mol. The average Bonchev–Trinajstić information content (AvgIpc) is 3.81. The van der Waals surface area contributed by atoms with E-state index < -0.39 is 6.09 Å². The Kier molecular flexibility index (Phi) is 10.1. The van der Waals surface area contributed by atoms with Gasteiger partial charge >= 0.3 is 6.09 Å². The minimum atomic E-state index is -1.02. The van der Waals surface area contributed by atoms with Crippen molar-refractivity contribution in [3.05, 3.63) is 59.5 Å². The van der Waals surface area contributed by atoms with E-state index in [2.05, 4.69) is 28.4 Å². The van der Waals surface area contributed by atoms with Crippen molar-refractivity contribution in [2.45, 2.75) is 82.2 Å². The van der Waals surface area contributed by atoms with Crippen LogP contribution in [0.25, 0.3) is 11.1 Å². The van der Waals surface area contributed by atoms with Crippen molar-refractivity contribution < 1.29 is 24.5 Å². The maximum absolute atomic E-state index is 14.3. The number of carbonyl (C=O) groups excluding carboxylic acids is 1. The van der Waals surface area contributed by atoms with Crippen molar-refractivity contribution in [1.82, 2.24) is 19.7 Å². The molecule has 2 amide bonds. The summed E-state index contributed by atoms with van der Waals surface area (Å²) in [6, 6.07) is 10.5. The molecule has 3 saturated carbocycles. The Morgan fingerprint density at radius 1 is 1.00 bits per heavy atom. The SMILES string of the molecule is COc1ncc(C2CCC(CN(C(=O)C3CCC(N(CCO)C(=O)O)CC3)c3cccc(-c4cnn(C5CC5)c4)c3)CC2)cc1Cl. The first-order valence-corrected chi connectivity index (χ1v) is 17.0. The van der Waals surface area contributed by atoms with Crippen LogP contribution >= 0.6 is 11.6 Å². The van der Waals surface area contributed by atoms with Crippen molar-refractivity contribution in [1.29, 1.82) is 0 Å². The van der Waals surface area contributed by atoms with E-state index in [1.54, 1.807) is 7.11 Å². The van der Waals surface area contributed by atoms with Crippen LogP contribution in [-0.4, -0.2) is 74.7 Å². The first-order chi connectivity index (χ1) is 22.3. The molecule has 2 N–H and O–H groups in total. The second-order valence-corrected chi connectivity index (χ2v) is 13.5. The van der Waals surface area contributed by atoms with Crippen molar-refractivity contribution in [2.24, 2.45) is 11.8 Å². The van der Waals surface area contributed by atoms with Gasteiger partial charge in [-0.05, 0) is 105 Å². The first-order valence-electron chi connectivity index (χ1n) is 16.6. The zero-order valence-corrected chi connectivity index (χ0v) is 27.2. The van der Waals surface area contributed by atoms with Crippen LogP contribution in [0.2, 0.25) is 5.02 Å². The third-order valence-electron chi connectivity index (χ3n) is 10.1. The number of nitrogens with zero attached hydrogens (tertiary/aromatic N) is 5. The van der Waals surface area contributed by atoms with Gasteiger partial charge in [-0.3, -0.25) is 9.48 Å². The molecular formula is C35H44ClN5O5. The molecule has 3 aromatic rings. The van der Waals surface area contributed by atoms with Gasteiger partial charge in [-0.2, -0.15) is 5.10 Å². The highest BCUT2D eigenvalue weighted by Crippen LogP contribution is 2.40. The van der Waals surface area contributed by atoms with E-state index in [4.69, 9.17) is 16.3 Å². The molecule has 3 fully saturated rings. The molecule has 0 aliphatic heterocycles. The molecule has 246 valence electrons. The molecule has 3 aliphatic carbocycles. The first kappa shape index (κ1) is 32.3. The number of hydrogen-bond donors (Lipinski definition) is 2. The molecule has 0 unspecified atom stereocenters. The third-order valence-corrected chi connectivity index (χ3v) is 10.4. The molecule has 11 heteroatoms. The number of methoxy groups -OCH3 is 1. The van der Waals surface area contributed by atoms with Gasteiger partial charge in [-0.15, -0.1) is 0 Å². The highest BCUT2D eigenvalue weighted by Gasteiger charge is 2.35. The van der Waals surface area contributed by atoms with Crippen LogP contribution in [0.5, 0.6) is 5.88 Å². The van der Waals surface area contributed by atoms with E-state index in [1.807, 2.05) is 40.2 Å². The number of anilines is 1. The van der Waals surface area contributed by atoms with E-state index in [1.165, 1.54) is 17.7 Å². The van der Waals surface area contributed by atoms with E-state index in [-0.39, 0.29) is 31.0 Å². The molecule has 2 aromatic heterocycles.